The average molecular weight is 379 g/mol. The van der Waals surface area contributed by atoms with Crippen molar-refractivity contribution < 1.29 is 9.59 Å². The number of carbonyl (C=O) groups is 2. The Morgan fingerprint density at radius 3 is 2.21 bits per heavy atom. The molecule has 0 atom stereocenters. The van der Waals surface area contributed by atoms with E-state index in [1.54, 1.807) is 0 Å². The van der Waals surface area contributed by atoms with E-state index in [9.17, 15) is 9.59 Å². The largest absolute Gasteiger partial charge is 0.339 e. The molecule has 3 rings (SSSR count). The normalized spacial score (nSPS) is 14.4. The molecule has 1 heterocycles. The molecular weight excluding hydrogens is 348 g/mol. The highest BCUT2D eigenvalue weighted by Crippen LogP contribution is 2.20. The minimum atomic E-state index is -0.0596. The third kappa shape index (κ3) is 5.44. The lowest BCUT2D eigenvalue weighted by molar-refractivity contribution is -0.116. The van der Waals surface area contributed by atoms with Crippen molar-refractivity contribution in [2.24, 2.45) is 0 Å². The summed E-state index contributed by atoms with van der Waals surface area (Å²) in [7, 11) is 0. The van der Waals surface area contributed by atoms with Gasteiger partial charge in [0.05, 0.1) is 11.3 Å². The molecule has 0 aromatic heterocycles. The van der Waals surface area contributed by atoms with Crippen molar-refractivity contribution in [2.45, 2.75) is 51.9 Å². The Balaban J connectivity index is 1.61. The van der Waals surface area contributed by atoms with Crippen LogP contribution in [0.15, 0.2) is 48.5 Å². The molecule has 0 radical (unpaired) electrons. The zero-order valence-corrected chi connectivity index (χ0v) is 16.7. The van der Waals surface area contributed by atoms with E-state index in [1.165, 1.54) is 18.4 Å². The lowest BCUT2D eigenvalue weighted by Gasteiger charge is -2.22. The van der Waals surface area contributed by atoms with Gasteiger partial charge < -0.3 is 10.2 Å². The second kappa shape index (κ2) is 10.1. The fourth-order valence-corrected chi connectivity index (χ4v) is 3.63. The van der Waals surface area contributed by atoms with E-state index in [1.807, 2.05) is 29.2 Å². The number of hydrogen-bond donors (Lipinski definition) is 1. The van der Waals surface area contributed by atoms with Crippen LogP contribution in [0, 0.1) is 0 Å². The lowest BCUT2D eigenvalue weighted by Crippen LogP contribution is -2.32. The highest BCUT2D eigenvalue weighted by atomic mass is 16.2. The van der Waals surface area contributed by atoms with Gasteiger partial charge in [0.2, 0.25) is 5.91 Å². The minimum absolute atomic E-state index is 0.0213. The maximum atomic E-state index is 13.0. The van der Waals surface area contributed by atoms with E-state index in [-0.39, 0.29) is 11.8 Å². The maximum Gasteiger partial charge on any atom is 0.255 e. The van der Waals surface area contributed by atoms with Gasteiger partial charge in [-0.3, -0.25) is 9.59 Å². The number of nitrogens with zero attached hydrogens (tertiary/aromatic N) is 1. The second-order valence-electron chi connectivity index (χ2n) is 7.47. The van der Waals surface area contributed by atoms with Crippen molar-refractivity contribution in [2.75, 3.05) is 18.4 Å². The zero-order valence-electron chi connectivity index (χ0n) is 16.7. The quantitative estimate of drug-likeness (QED) is 0.782. The summed E-state index contributed by atoms with van der Waals surface area (Å²) in [6, 6.07) is 15.7. The van der Waals surface area contributed by atoms with Crippen molar-refractivity contribution in [1.29, 1.82) is 0 Å². The van der Waals surface area contributed by atoms with E-state index in [0.29, 0.717) is 24.1 Å². The monoisotopic (exact) mass is 378 g/mol. The minimum Gasteiger partial charge on any atom is -0.339 e. The van der Waals surface area contributed by atoms with Crippen LogP contribution in [0.4, 0.5) is 5.69 Å². The van der Waals surface area contributed by atoms with Crippen LogP contribution in [-0.2, 0) is 17.6 Å². The van der Waals surface area contributed by atoms with Crippen LogP contribution < -0.4 is 5.32 Å². The molecule has 0 saturated carbocycles. The second-order valence-corrected chi connectivity index (χ2v) is 7.47. The Morgan fingerprint density at radius 2 is 1.54 bits per heavy atom. The molecule has 148 valence electrons. The first-order valence-electron chi connectivity index (χ1n) is 10.4. The van der Waals surface area contributed by atoms with Gasteiger partial charge in [0.1, 0.15) is 0 Å². The van der Waals surface area contributed by atoms with E-state index >= 15 is 0 Å². The first-order valence-corrected chi connectivity index (χ1v) is 10.4. The number of benzene rings is 2. The molecular formula is C24H30N2O2. The molecule has 0 aliphatic carbocycles. The summed E-state index contributed by atoms with van der Waals surface area (Å²) in [6.07, 6.45) is 6.58. The Kier molecular flexibility index (Phi) is 7.24. The fourth-order valence-electron chi connectivity index (χ4n) is 3.63. The average Bonchev–Trinajstić information content (AvgIpc) is 3.02. The van der Waals surface area contributed by atoms with E-state index in [4.69, 9.17) is 0 Å². The molecule has 0 spiro atoms. The van der Waals surface area contributed by atoms with Gasteiger partial charge in [-0.2, -0.15) is 0 Å². The molecule has 1 N–H and O–H groups in total. The number of rotatable bonds is 6. The highest BCUT2D eigenvalue weighted by molar-refractivity contribution is 6.03. The molecule has 2 amide bonds. The number of likely N-dealkylation sites (tertiary alicyclic amines) is 1. The lowest BCUT2D eigenvalue weighted by atomic mass is 10.1. The van der Waals surface area contributed by atoms with Crippen LogP contribution in [0.2, 0.25) is 0 Å². The van der Waals surface area contributed by atoms with Crippen molar-refractivity contribution in [1.82, 2.24) is 4.90 Å². The summed E-state index contributed by atoms with van der Waals surface area (Å²) in [5, 5.41) is 2.95. The van der Waals surface area contributed by atoms with Crippen LogP contribution in [0.3, 0.4) is 0 Å². The number of para-hydroxylation sites is 1. The van der Waals surface area contributed by atoms with Crippen molar-refractivity contribution in [3.8, 4) is 0 Å². The number of amides is 2. The Bertz CT molecular complexity index is 791. The van der Waals surface area contributed by atoms with Gasteiger partial charge in [-0.1, -0.05) is 56.2 Å². The number of aryl methyl sites for hydroxylation is 2. The standard InChI is InChI=1S/C24H30N2O2/c1-2-19-11-13-20(14-12-19)15-16-23(27)25-22-10-6-5-9-21(22)24(28)26-17-7-3-4-8-18-26/h5-6,9-14H,2-4,7-8,15-18H2,1H3,(H,25,27). The van der Waals surface area contributed by atoms with Gasteiger partial charge >= 0.3 is 0 Å². The van der Waals surface area contributed by atoms with Crippen LogP contribution in [0.5, 0.6) is 0 Å². The summed E-state index contributed by atoms with van der Waals surface area (Å²) in [5.74, 6) is -0.0383. The summed E-state index contributed by atoms with van der Waals surface area (Å²) in [4.78, 5) is 27.4. The smallest absolute Gasteiger partial charge is 0.255 e. The molecule has 1 aliphatic heterocycles. The molecule has 1 aliphatic rings. The molecule has 2 aromatic carbocycles. The van der Waals surface area contributed by atoms with Crippen LogP contribution in [0.25, 0.3) is 0 Å². The summed E-state index contributed by atoms with van der Waals surface area (Å²) >= 11 is 0. The van der Waals surface area contributed by atoms with E-state index < -0.39 is 0 Å². The summed E-state index contributed by atoms with van der Waals surface area (Å²) < 4.78 is 0. The molecule has 0 unspecified atom stereocenters. The molecule has 4 nitrogen and oxygen atoms in total. The molecule has 2 aromatic rings. The van der Waals surface area contributed by atoms with Crippen molar-refractivity contribution in [3.63, 3.8) is 0 Å². The third-order valence-corrected chi connectivity index (χ3v) is 5.40. The van der Waals surface area contributed by atoms with Crippen LogP contribution >= 0.6 is 0 Å². The zero-order chi connectivity index (χ0) is 19.8. The van der Waals surface area contributed by atoms with Gasteiger partial charge in [0.25, 0.3) is 5.91 Å². The number of nitrogens with one attached hydrogen (secondary N) is 1. The highest BCUT2D eigenvalue weighted by Gasteiger charge is 2.20. The SMILES string of the molecule is CCc1ccc(CCC(=O)Nc2ccccc2C(=O)N2CCCCCC2)cc1. The van der Waals surface area contributed by atoms with Gasteiger partial charge in [0, 0.05) is 19.5 Å². The molecule has 4 heteroatoms. The molecule has 1 fully saturated rings. The summed E-state index contributed by atoms with van der Waals surface area (Å²) in [6.45, 7) is 3.73. The van der Waals surface area contributed by atoms with Crippen LogP contribution in [0.1, 0.15) is 60.5 Å². The maximum absolute atomic E-state index is 13.0. The van der Waals surface area contributed by atoms with E-state index in [0.717, 1.165) is 37.9 Å². The summed E-state index contributed by atoms with van der Waals surface area (Å²) in [5.41, 5.74) is 3.66. The predicted molar refractivity (Wildman–Crippen MR) is 114 cm³/mol. The topological polar surface area (TPSA) is 49.4 Å². The van der Waals surface area contributed by atoms with Crippen LogP contribution in [-0.4, -0.2) is 29.8 Å². The molecule has 28 heavy (non-hydrogen) atoms. The van der Waals surface area contributed by atoms with Gasteiger partial charge in [0.15, 0.2) is 0 Å². The number of anilines is 1. The number of carbonyl (C=O) groups excluding carboxylic acids is 2. The van der Waals surface area contributed by atoms with E-state index in [2.05, 4.69) is 36.5 Å². The van der Waals surface area contributed by atoms with Crippen molar-refractivity contribution >= 4 is 17.5 Å². The first kappa shape index (κ1) is 20.1. The Morgan fingerprint density at radius 1 is 0.893 bits per heavy atom. The Labute approximate surface area is 167 Å². The first-order chi connectivity index (χ1) is 13.7. The predicted octanol–water partition coefficient (Wildman–Crippen LogP) is 4.84. The number of hydrogen-bond acceptors (Lipinski definition) is 2. The molecule has 1 saturated heterocycles. The van der Waals surface area contributed by atoms with Gasteiger partial charge in [-0.05, 0) is 48.9 Å². The Hall–Kier alpha value is -2.62. The third-order valence-electron chi connectivity index (χ3n) is 5.40. The van der Waals surface area contributed by atoms with Gasteiger partial charge in [-0.25, -0.2) is 0 Å². The molecule has 0 bridgehead atoms. The fraction of sp³-hybridized carbons (Fsp3) is 0.417. The van der Waals surface area contributed by atoms with Gasteiger partial charge in [-0.15, -0.1) is 0 Å². The van der Waals surface area contributed by atoms with Crippen molar-refractivity contribution in [3.05, 3.63) is 65.2 Å².